The molecule has 1 saturated heterocycles. The second-order valence-electron chi connectivity index (χ2n) is 6.59. The minimum atomic E-state index is -0.114. The van der Waals surface area contributed by atoms with Gasteiger partial charge in [0.05, 0.1) is 6.10 Å². The Bertz CT molecular complexity index is 251. The Balaban J connectivity index is 1.73. The van der Waals surface area contributed by atoms with Gasteiger partial charge in [0.25, 0.3) is 0 Å². The number of aliphatic hydroxyl groups is 1. The lowest BCUT2D eigenvalue weighted by atomic mass is 9.87. The Morgan fingerprint density at radius 2 is 1.84 bits per heavy atom. The number of aliphatic hydroxyl groups excluding tert-OH is 1. The molecule has 2 N–H and O–H groups in total. The van der Waals surface area contributed by atoms with E-state index in [0.29, 0.717) is 12.1 Å². The molecule has 19 heavy (non-hydrogen) atoms. The normalized spacial score (nSPS) is 32.4. The van der Waals surface area contributed by atoms with Crippen molar-refractivity contribution in [3.63, 3.8) is 0 Å². The molecule has 3 heteroatoms. The third kappa shape index (κ3) is 4.44. The fourth-order valence-corrected chi connectivity index (χ4v) is 3.77. The predicted octanol–water partition coefficient (Wildman–Crippen LogP) is 2.39. The van der Waals surface area contributed by atoms with Gasteiger partial charge < -0.3 is 15.3 Å². The summed E-state index contributed by atoms with van der Waals surface area (Å²) in [6, 6.07) is 0.902. The summed E-state index contributed by atoms with van der Waals surface area (Å²) < 4.78 is 0. The first kappa shape index (κ1) is 15.3. The van der Waals surface area contributed by atoms with E-state index < -0.39 is 0 Å². The highest BCUT2D eigenvalue weighted by molar-refractivity contribution is 4.86. The summed E-state index contributed by atoms with van der Waals surface area (Å²) in [7, 11) is 0. The first-order valence-electron chi connectivity index (χ1n) is 8.37. The van der Waals surface area contributed by atoms with Crippen molar-refractivity contribution in [2.24, 2.45) is 5.92 Å². The van der Waals surface area contributed by atoms with Gasteiger partial charge in [0.1, 0.15) is 0 Å². The number of nitrogens with zero attached hydrogens (tertiary/aromatic N) is 1. The monoisotopic (exact) mass is 268 g/mol. The third-order valence-corrected chi connectivity index (χ3v) is 5.09. The van der Waals surface area contributed by atoms with Gasteiger partial charge >= 0.3 is 0 Å². The van der Waals surface area contributed by atoms with Crippen molar-refractivity contribution in [2.75, 3.05) is 19.6 Å². The zero-order valence-corrected chi connectivity index (χ0v) is 12.8. The molecule has 0 aromatic rings. The molecule has 1 aliphatic carbocycles. The summed E-state index contributed by atoms with van der Waals surface area (Å²) in [5.74, 6) is 0.794. The van der Waals surface area contributed by atoms with Crippen LogP contribution in [0.15, 0.2) is 0 Å². The van der Waals surface area contributed by atoms with Crippen LogP contribution in [0.5, 0.6) is 0 Å². The van der Waals surface area contributed by atoms with Gasteiger partial charge in [0, 0.05) is 12.1 Å². The molecule has 0 aromatic heterocycles. The molecule has 1 aliphatic heterocycles. The van der Waals surface area contributed by atoms with Crippen LogP contribution in [0.1, 0.15) is 58.8 Å². The molecule has 0 bridgehead atoms. The number of rotatable bonds is 5. The maximum Gasteiger partial charge on any atom is 0.0693 e. The zero-order valence-electron chi connectivity index (χ0n) is 12.8. The number of hydrogen-bond acceptors (Lipinski definition) is 3. The predicted molar refractivity (Wildman–Crippen MR) is 80.3 cm³/mol. The summed E-state index contributed by atoms with van der Waals surface area (Å²) in [5, 5.41) is 13.8. The highest BCUT2D eigenvalue weighted by Gasteiger charge is 2.28. The maximum absolute atomic E-state index is 10.1. The quantitative estimate of drug-likeness (QED) is 0.803. The van der Waals surface area contributed by atoms with E-state index in [1.54, 1.807) is 0 Å². The fraction of sp³-hybridized carbons (Fsp3) is 1.00. The van der Waals surface area contributed by atoms with E-state index in [9.17, 15) is 5.11 Å². The van der Waals surface area contributed by atoms with Gasteiger partial charge in [-0.3, -0.25) is 0 Å². The summed E-state index contributed by atoms with van der Waals surface area (Å²) in [6.45, 7) is 8.37. The van der Waals surface area contributed by atoms with Gasteiger partial charge in [0.15, 0.2) is 0 Å². The molecule has 1 saturated carbocycles. The van der Waals surface area contributed by atoms with Crippen LogP contribution in [0.2, 0.25) is 0 Å². The van der Waals surface area contributed by atoms with Crippen molar-refractivity contribution >= 4 is 0 Å². The van der Waals surface area contributed by atoms with Crippen molar-refractivity contribution < 1.29 is 5.11 Å². The van der Waals surface area contributed by atoms with Crippen LogP contribution in [0.25, 0.3) is 0 Å². The van der Waals surface area contributed by atoms with Crippen LogP contribution in [-0.4, -0.2) is 47.8 Å². The van der Waals surface area contributed by atoms with Gasteiger partial charge in [-0.1, -0.05) is 19.8 Å². The van der Waals surface area contributed by atoms with Crippen molar-refractivity contribution in [1.29, 1.82) is 0 Å². The molecule has 0 amide bonds. The minimum Gasteiger partial charge on any atom is -0.392 e. The van der Waals surface area contributed by atoms with Crippen LogP contribution in [0.4, 0.5) is 0 Å². The van der Waals surface area contributed by atoms with Crippen molar-refractivity contribution in [1.82, 2.24) is 10.2 Å². The lowest BCUT2D eigenvalue weighted by Gasteiger charge is -2.38. The molecular weight excluding hydrogens is 236 g/mol. The maximum atomic E-state index is 10.1. The third-order valence-electron chi connectivity index (χ3n) is 5.09. The average molecular weight is 268 g/mol. The Labute approximate surface area is 118 Å². The summed E-state index contributed by atoms with van der Waals surface area (Å²) in [5.41, 5.74) is 0. The number of piperidine rings is 1. The molecule has 0 aromatic carbocycles. The Morgan fingerprint density at radius 3 is 2.47 bits per heavy atom. The molecule has 2 aliphatic rings. The SMILES string of the molecule is CCCN1CCC(C(C)NC2CCCCC2O)CC1. The van der Waals surface area contributed by atoms with E-state index in [-0.39, 0.29) is 6.10 Å². The van der Waals surface area contributed by atoms with Crippen LogP contribution < -0.4 is 5.32 Å². The second kappa shape index (κ2) is 7.61. The summed E-state index contributed by atoms with van der Waals surface area (Å²) >= 11 is 0. The minimum absolute atomic E-state index is 0.114. The van der Waals surface area contributed by atoms with E-state index in [2.05, 4.69) is 24.1 Å². The first-order chi connectivity index (χ1) is 9.20. The standard InChI is InChI=1S/C16H32N2O/c1-3-10-18-11-8-14(9-12-18)13(2)17-15-6-4-5-7-16(15)19/h13-17,19H,3-12H2,1-2H3. The van der Waals surface area contributed by atoms with Crippen molar-refractivity contribution in [3.05, 3.63) is 0 Å². The molecule has 2 fully saturated rings. The molecule has 112 valence electrons. The molecule has 0 radical (unpaired) electrons. The Hall–Kier alpha value is -0.120. The lowest BCUT2D eigenvalue weighted by molar-refractivity contribution is 0.0745. The average Bonchev–Trinajstić information content (AvgIpc) is 2.42. The number of hydrogen-bond donors (Lipinski definition) is 2. The second-order valence-corrected chi connectivity index (χ2v) is 6.59. The van der Waals surface area contributed by atoms with Gasteiger partial charge in [-0.25, -0.2) is 0 Å². The molecular formula is C16H32N2O. The largest absolute Gasteiger partial charge is 0.392 e. The molecule has 1 heterocycles. The van der Waals surface area contributed by atoms with Gasteiger partial charge in [-0.15, -0.1) is 0 Å². The molecule has 0 spiro atoms. The van der Waals surface area contributed by atoms with Crippen LogP contribution in [0.3, 0.4) is 0 Å². The molecule has 3 atom stereocenters. The Kier molecular flexibility index (Phi) is 6.11. The van der Waals surface area contributed by atoms with E-state index in [1.165, 1.54) is 51.7 Å². The van der Waals surface area contributed by atoms with Crippen molar-refractivity contribution in [2.45, 2.75) is 77.0 Å². The summed E-state index contributed by atoms with van der Waals surface area (Å²) in [6.07, 6.45) is 8.40. The first-order valence-corrected chi connectivity index (χ1v) is 8.37. The van der Waals surface area contributed by atoms with Crippen molar-refractivity contribution in [3.8, 4) is 0 Å². The number of nitrogens with one attached hydrogen (secondary N) is 1. The van der Waals surface area contributed by atoms with Crippen LogP contribution in [0, 0.1) is 5.92 Å². The highest BCUT2D eigenvalue weighted by Crippen LogP contribution is 2.24. The smallest absolute Gasteiger partial charge is 0.0693 e. The van der Waals surface area contributed by atoms with E-state index in [1.807, 2.05) is 0 Å². The van der Waals surface area contributed by atoms with Crippen LogP contribution in [-0.2, 0) is 0 Å². The van der Waals surface area contributed by atoms with E-state index in [4.69, 9.17) is 0 Å². The zero-order chi connectivity index (χ0) is 13.7. The Morgan fingerprint density at radius 1 is 1.16 bits per heavy atom. The molecule has 2 rings (SSSR count). The van der Waals surface area contributed by atoms with Gasteiger partial charge in [-0.05, 0) is 64.6 Å². The highest BCUT2D eigenvalue weighted by atomic mass is 16.3. The summed E-state index contributed by atoms with van der Waals surface area (Å²) in [4.78, 5) is 2.60. The molecule has 3 nitrogen and oxygen atoms in total. The molecule has 3 unspecified atom stereocenters. The van der Waals surface area contributed by atoms with E-state index in [0.717, 1.165) is 18.8 Å². The topological polar surface area (TPSA) is 35.5 Å². The van der Waals surface area contributed by atoms with Gasteiger partial charge in [-0.2, -0.15) is 0 Å². The fourth-order valence-electron chi connectivity index (χ4n) is 3.77. The van der Waals surface area contributed by atoms with E-state index >= 15 is 0 Å². The number of likely N-dealkylation sites (tertiary alicyclic amines) is 1. The van der Waals surface area contributed by atoms with Gasteiger partial charge in [0.2, 0.25) is 0 Å². The van der Waals surface area contributed by atoms with Crippen LogP contribution >= 0.6 is 0 Å². The lowest BCUT2D eigenvalue weighted by Crippen LogP contribution is -2.50.